The van der Waals surface area contributed by atoms with Gasteiger partial charge in [-0.25, -0.2) is 4.39 Å². The number of amides is 1. The maximum Gasteiger partial charge on any atom is 0.241 e. The van der Waals surface area contributed by atoms with Gasteiger partial charge in [0, 0.05) is 24.7 Å². The second-order valence-electron chi connectivity index (χ2n) is 12.4. The lowest BCUT2D eigenvalue weighted by Crippen LogP contribution is -2.48. The molecule has 0 aromatic heterocycles. The van der Waals surface area contributed by atoms with E-state index < -0.39 is 0 Å². The zero-order valence-electron chi connectivity index (χ0n) is 26.2. The molecule has 7 nitrogen and oxygen atoms in total. The standard InChI is InChI=1S/C36H43FN2O5/c1-5-9-27(10-6-2)39(28-14-15-29(37)24(3)17-28)35(40)22-38-21-26(25-13-16-31-33(18-25)43-23-42-31)19-36(38)20-34(36)44-32-12-8-7-11-30(32)41-4/h7-8,11-18,26-27,34H,5-6,9-10,19-23H2,1-4H3/t26-,34?,36?/m1/s1. The quantitative estimate of drug-likeness (QED) is 0.218. The van der Waals surface area contributed by atoms with E-state index in [2.05, 4.69) is 30.9 Å². The molecule has 2 fully saturated rings. The number of halogens is 1. The largest absolute Gasteiger partial charge is 0.493 e. The van der Waals surface area contributed by atoms with Gasteiger partial charge in [-0.2, -0.15) is 0 Å². The summed E-state index contributed by atoms with van der Waals surface area (Å²) < 4.78 is 37.7. The monoisotopic (exact) mass is 602 g/mol. The molecule has 1 saturated carbocycles. The number of ether oxygens (including phenoxy) is 4. The van der Waals surface area contributed by atoms with E-state index in [4.69, 9.17) is 18.9 Å². The fraction of sp³-hybridized carbons (Fsp3) is 0.472. The normalized spacial score (nSPS) is 22.0. The van der Waals surface area contributed by atoms with Gasteiger partial charge in [0.1, 0.15) is 11.9 Å². The number of carbonyl (C=O) groups excluding carboxylic acids is 1. The van der Waals surface area contributed by atoms with Gasteiger partial charge in [0.15, 0.2) is 23.0 Å². The number of fused-ring (bicyclic) bond motifs is 1. The summed E-state index contributed by atoms with van der Waals surface area (Å²) in [5, 5.41) is 0. The number of hydrogen-bond donors (Lipinski definition) is 0. The van der Waals surface area contributed by atoms with Crippen molar-refractivity contribution in [3.8, 4) is 23.0 Å². The van der Waals surface area contributed by atoms with E-state index in [9.17, 15) is 9.18 Å². The fourth-order valence-corrected chi connectivity index (χ4v) is 7.16. The summed E-state index contributed by atoms with van der Waals surface area (Å²) in [5.41, 5.74) is 2.19. The minimum atomic E-state index is -0.285. The molecule has 0 bridgehead atoms. The third-order valence-corrected chi connectivity index (χ3v) is 9.48. The van der Waals surface area contributed by atoms with E-state index in [1.165, 1.54) is 11.6 Å². The Kier molecular flexibility index (Phi) is 8.72. The molecule has 1 spiro atoms. The number of hydrogen-bond acceptors (Lipinski definition) is 6. The van der Waals surface area contributed by atoms with Crippen LogP contribution in [-0.4, -0.2) is 55.5 Å². The second-order valence-corrected chi connectivity index (χ2v) is 12.4. The van der Waals surface area contributed by atoms with Crippen LogP contribution < -0.4 is 23.8 Å². The van der Waals surface area contributed by atoms with Crippen molar-refractivity contribution in [1.82, 2.24) is 4.90 Å². The van der Waals surface area contributed by atoms with Crippen LogP contribution in [0.15, 0.2) is 60.7 Å². The number of rotatable bonds is 12. The first-order valence-corrected chi connectivity index (χ1v) is 15.9. The first-order valence-electron chi connectivity index (χ1n) is 15.9. The summed E-state index contributed by atoms with van der Waals surface area (Å²) in [6.07, 6.45) is 5.31. The van der Waals surface area contributed by atoms with Gasteiger partial charge < -0.3 is 23.8 Å². The van der Waals surface area contributed by atoms with Crippen molar-refractivity contribution >= 4 is 11.6 Å². The van der Waals surface area contributed by atoms with Crippen LogP contribution in [-0.2, 0) is 4.79 Å². The molecule has 8 heteroatoms. The Morgan fingerprint density at radius 3 is 2.50 bits per heavy atom. The zero-order valence-corrected chi connectivity index (χ0v) is 26.2. The van der Waals surface area contributed by atoms with Crippen molar-refractivity contribution in [2.24, 2.45) is 0 Å². The Balaban J connectivity index is 1.30. The van der Waals surface area contributed by atoms with Crippen LogP contribution in [0.1, 0.15) is 69.4 Å². The van der Waals surface area contributed by atoms with Crippen LogP contribution in [0.25, 0.3) is 0 Å². The fourth-order valence-electron chi connectivity index (χ4n) is 7.16. The van der Waals surface area contributed by atoms with Crippen molar-refractivity contribution in [2.75, 3.05) is 31.9 Å². The topological polar surface area (TPSA) is 60.5 Å². The summed E-state index contributed by atoms with van der Waals surface area (Å²) in [5.74, 6) is 2.92. The predicted octanol–water partition coefficient (Wildman–Crippen LogP) is 7.25. The number of benzene rings is 3. The third-order valence-electron chi connectivity index (χ3n) is 9.48. The molecule has 44 heavy (non-hydrogen) atoms. The molecule has 3 aromatic rings. The van der Waals surface area contributed by atoms with Crippen LogP contribution in [0.4, 0.5) is 10.1 Å². The number of para-hydroxylation sites is 2. The maximum atomic E-state index is 14.5. The maximum absolute atomic E-state index is 14.5. The molecular formula is C36H43FN2O5. The Morgan fingerprint density at radius 2 is 1.77 bits per heavy atom. The molecule has 1 saturated heterocycles. The van der Waals surface area contributed by atoms with Crippen LogP contribution >= 0.6 is 0 Å². The Hall–Kier alpha value is -3.78. The summed E-state index contributed by atoms with van der Waals surface area (Å²) in [4.78, 5) is 18.7. The van der Waals surface area contributed by atoms with Crippen LogP contribution in [0, 0.1) is 12.7 Å². The summed E-state index contributed by atoms with van der Waals surface area (Å²) in [6.45, 7) is 7.27. The zero-order chi connectivity index (χ0) is 30.8. The van der Waals surface area contributed by atoms with E-state index in [0.717, 1.165) is 62.3 Å². The van der Waals surface area contributed by atoms with Crippen molar-refractivity contribution in [3.05, 3.63) is 77.6 Å². The number of anilines is 1. The summed E-state index contributed by atoms with van der Waals surface area (Å²) in [6, 6.07) is 19.0. The molecule has 6 rings (SSSR count). The van der Waals surface area contributed by atoms with Crippen LogP contribution in [0.3, 0.4) is 0 Å². The highest BCUT2D eigenvalue weighted by Crippen LogP contribution is 2.56. The lowest BCUT2D eigenvalue weighted by Gasteiger charge is -2.35. The molecule has 1 aliphatic carbocycles. The summed E-state index contributed by atoms with van der Waals surface area (Å²) >= 11 is 0. The van der Waals surface area contributed by atoms with Gasteiger partial charge in [-0.15, -0.1) is 0 Å². The molecule has 2 aliphatic heterocycles. The van der Waals surface area contributed by atoms with Crippen molar-refractivity contribution in [1.29, 1.82) is 0 Å². The van der Waals surface area contributed by atoms with Gasteiger partial charge in [-0.1, -0.05) is 44.9 Å². The summed E-state index contributed by atoms with van der Waals surface area (Å²) in [7, 11) is 1.65. The molecule has 0 radical (unpaired) electrons. The number of aryl methyl sites for hydroxylation is 1. The lowest BCUT2D eigenvalue weighted by molar-refractivity contribution is -0.120. The van der Waals surface area contributed by atoms with Gasteiger partial charge in [-0.05, 0) is 85.7 Å². The first kappa shape index (κ1) is 30.3. The van der Waals surface area contributed by atoms with Crippen molar-refractivity contribution in [2.45, 2.75) is 82.9 Å². The molecule has 3 aliphatic rings. The smallest absolute Gasteiger partial charge is 0.241 e. The van der Waals surface area contributed by atoms with Crippen molar-refractivity contribution in [3.63, 3.8) is 0 Å². The lowest BCUT2D eigenvalue weighted by atomic mass is 9.95. The van der Waals surface area contributed by atoms with Gasteiger partial charge in [0.05, 0.1) is 19.2 Å². The second kappa shape index (κ2) is 12.7. The molecule has 2 heterocycles. The Morgan fingerprint density at radius 1 is 1.02 bits per heavy atom. The highest BCUT2D eigenvalue weighted by Gasteiger charge is 2.65. The molecule has 234 valence electrons. The average Bonchev–Trinajstić information content (AvgIpc) is 3.32. The van der Waals surface area contributed by atoms with Gasteiger partial charge in [0.25, 0.3) is 0 Å². The molecule has 2 unspecified atom stereocenters. The number of carbonyl (C=O) groups is 1. The Bertz CT molecular complexity index is 1490. The number of methoxy groups -OCH3 is 1. The van der Waals surface area contributed by atoms with Crippen LogP contribution in [0.2, 0.25) is 0 Å². The minimum absolute atomic E-state index is 0.0385. The molecule has 3 atom stereocenters. The van der Waals surface area contributed by atoms with E-state index >= 15 is 0 Å². The van der Waals surface area contributed by atoms with Gasteiger partial charge >= 0.3 is 0 Å². The average molecular weight is 603 g/mol. The van der Waals surface area contributed by atoms with E-state index in [-0.39, 0.29) is 48.7 Å². The molecule has 3 aromatic carbocycles. The molecular weight excluding hydrogens is 559 g/mol. The van der Waals surface area contributed by atoms with Gasteiger partial charge in [-0.3, -0.25) is 9.69 Å². The Labute approximate surface area is 259 Å². The van der Waals surface area contributed by atoms with Crippen LogP contribution in [0.5, 0.6) is 23.0 Å². The minimum Gasteiger partial charge on any atom is -0.493 e. The van der Waals surface area contributed by atoms with E-state index in [1.807, 2.05) is 41.3 Å². The highest BCUT2D eigenvalue weighted by atomic mass is 19.1. The first-order chi connectivity index (χ1) is 21.4. The molecule has 1 amide bonds. The third kappa shape index (κ3) is 5.84. The highest BCUT2D eigenvalue weighted by molar-refractivity contribution is 5.95. The number of likely N-dealkylation sites (tertiary alicyclic amines) is 1. The predicted molar refractivity (Wildman–Crippen MR) is 168 cm³/mol. The molecule has 0 N–H and O–H groups in total. The number of nitrogens with zero attached hydrogens (tertiary/aromatic N) is 2. The van der Waals surface area contributed by atoms with E-state index in [1.54, 1.807) is 20.1 Å². The van der Waals surface area contributed by atoms with Crippen molar-refractivity contribution < 1.29 is 28.1 Å². The SMILES string of the molecule is CCCC(CCC)N(C(=O)CN1C[C@H](c2ccc3c(c2)OCO3)CC12CC2Oc1ccccc1OC)c1ccc(F)c(C)c1. The van der Waals surface area contributed by atoms with E-state index in [0.29, 0.717) is 17.1 Å². The van der Waals surface area contributed by atoms with Gasteiger partial charge in [0.2, 0.25) is 12.7 Å².